The van der Waals surface area contributed by atoms with Crippen LogP contribution in [0.1, 0.15) is 30.4 Å². The number of benzene rings is 1. The number of aliphatic hydroxyl groups is 3. The third kappa shape index (κ3) is 5.94. The Morgan fingerprint density at radius 3 is 2.66 bits per heavy atom. The first kappa shape index (κ1) is 26.8. The van der Waals surface area contributed by atoms with Gasteiger partial charge in [-0.3, -0.25) is 0 Å². The average Bonchev–Trinajstić information content (AvgIpc) is 3.10. The number of hydrogen-bond donors (Lipinski definition) is 3. The lowest BCUT2D eigenvalue weighted by Gasteiger charge is -2.38. The van der Waals surface area contributed by atoms with Gasteiger partial charge in [0.1, 0.15) is 18.0 Å². The largest absolute Gasteiger partial charge is 0.438 e. The number of rotatable bonds is 8. The van der Waals surface area contributed by atoms with E-state index >= 15 is 0 Å². The Morgan fingerprint density at radius 1 is 1.16 bits per heavy atom. The van der Waals surface area contributed by atoms with Crippen LogP contribution in [-0.2, 0) is 10.3 Å². The van der Waals surface area contributed by atoms with Crippen molar-refractivity contribution < 1.29 is 24.8 Å². The predicted octanol–water partition coefficient (Wildman–Crippen LogP) is 4.00. The SMILES string of the molecule is OCC(CO)OC1C=CC=C2Oc3ncccc3C(=CCCN3CCC(O)(c4ccc(Cl)cc4)CC3)C=C21. The Hall–Kier alpha value is -2.78. The molecule has 2 aliphatic heterocycles. The quantitative estimate of drug-likeness (QED) is 0.469. The monoisotopic (exact) mass is 536 g/mol. The minimum absolute atomic E-state index is 0.276. The number of aliphatic hydroxyl groups excluding tert-OH is 2. The van der Waals surface area contributed by atoms with Gasteiger partial charge >= 0.3 is 0 Å². The van der Waals surface area contributed by atoms with Crippen LogP contribution in [0, 0.1) is 0 Å². The van der Waals surface area contributed by atoms with Crippen LogP contribution in [0.25, 0.3) is 5.57 Å². The molecular weight excluding hydrogens is 504 g/mol. The molecule has 5 rings (SSSR count). The van der Waals surface area contributed by atoms with Gasteiger partial charge in [0.2, 0.25) is 5.88 Å². The number of hydrogen-bond acceptors (Lipinski definition) is 7. The summed E-state index contributed by atoms with van der Waals surface area (Å²) in [6, 6.07) is 11.4. The Kier molecular flexibility index (Phi) is 8.43. The molecule has 3 aliphatic rings. The smallest absolute Gasteiger partial charge is 0.227 e. The molecule has 1 aromatic carbocycles. The fourth-order valence-corrected chi connectivity index (χ4v) is 5.23. The van der Waals surface area contributed by atoms with Crippen molar-refractivity contribution in [2.45, 2.75) is 37.1 Å². The van der Waals surface area contributed by atoms with Gasteiger partial charge in [0, 0.05) is 42.0 Å². The zero-order valence-electron chi connectivity index (χ0n) is 21.2. The molecule has 1 fully saturated rings. The summed E-state index contributed by atoms with van der Waals surface area (Å²) >= 11 is 6.02. The number of halogens is 1. The van der Waals surface area contributed by atoms with Crippen molar-refractivity contribution in [1.82, 2.24) is 9.88 Å². The van der Waals surface area contributed by atoms with Crippen molar-refractivity contribution in [3.8, 4) is 5.88 Å². The molecule has 1 unspecified atom stereocenters. The highest BCUT2D eigenvalue weighted by Crippen LogP contribution is 2.37. The van der Waals surface area contributed by atoms with E-state index in [2.05, 4.69) is 22.0 Å². The highest BCUT2D eigenvalue weighted by Gasteiger charge is 2.34. The molecule has 3 heterocycles. The van der Waals surface area contributed by atoms with Crippen molar-refractivity contribution in [2.75, 3.05) is 32.8 Å². The third-order valence-corrected chi connectivity index (χ3v) is 7.60. The van der Waals surface area contributed by atoms with Gasteiger partial charge in [0.05, 0.1) is 18.8 Å². The second-order valence-electron chi connectivity index (χ2n) is 9.85. The van der Waals surface area contributed by atoms with Crippen LogP contribution in [0.4, 0.5) is 0 Å². The van der Waals surface area contributed by atoms with Crippen molar-refractivity contribution in [1.29, 1.82) is 0 Å². The highest BCUT2D eigenvalue weighted by atomic mass is 35.5. The fourth-order valence-electron chi connectivity index (χ4n) is 5.11. The van der Waals surface area contributed by atoms with Crippen molar-refractivity contribution in [3.63, 3.8) is 0 Å². The van der Waals surface area contributed by atoms with E-state index in [9.17, 15) is 15.3 Å². The molecule has 7 nitrogen and oxygen atoms in total. The number of aromatic nitrogens is 1. The van der Waals surface area contributed by atoms with Crippen LogP contribution >= 0.6 is 11.6 Å². The van der Waals surface area contributed by atoms with E-state index in [1.807, 2.05) is 54.6 Å². The minimum atomic E-state index is -0.819. The van der Waals surface area contributed by atoms with Gasteiger partial charge in [0.25, 0.3) is 0 Å². The Morgan fingerprint density at radius 2 is 1.92 bits per heavy atom. The topological polar surface area (TPSA) is 95.3 Å². The molecule has 0 spiro atoms. The first-order valence-corrected chi connectivity index (χ1v) is 13.4. The Labute approximate surface area is 228 Å². The van der Waals surface area contributed by atoms with E-state index < -0.39 is 17.8 Å². The summed E-state index contributed by atoms with van der Waals surface area (Å²) < 4.78 is 12.1. The highest BCUT2D eigenvalue weighted by molar-refractivity contribution is 6.30. The van der Waals surface area contributed by atoms with Crippen molar-refractivity contribution in [3.05, 3.63) is 100 Å². The lowest BCUT2D eigenvalue weighted by molar-refractivity contribution is -0.0347. The molecule has 8 heteroatoms. The summed E-state index contributed by atoms with van der Waals surface area (Å²) in [5.41, 5.74) is 2.79. The maximum absolute atomic E-state index is 11.2. The maximum Gasteiger partial charge on any atom is 0.227 e. The van der Waals surface area contributed by atoms with Gasteiger partial charge in [-0.05, 0) is 66.8 Å². The molecule has 1 atom stereocenters. The number of likely N-dealkylation sites (tertiary alicyclic amines) is 1. The predicted molar refractivity (Wildman–Crippen MR) is 147 cm³/mol. The van der Waals surface area contributed by atoms with Gasteiger partial charge in [-0.15, -0.1) is 0 Å². The van der Waals surface area contributed by atoms with E-state index in [0.29, 0.717) is 29.5 Å². The van der Waals surface area contributed by atoms with Gasteiger partial charge in [-0.1, -0.05) is 42.0 Å². The van der Waals surface area contributed by atoms with Gasteiger partial charge in [0.15, 0.2) is 0 Å². The van der Waals surface area contributed by atoms with Crippen LogP contribution in [0.15, 0.2) is 84.3 Å². The van der Waals surface area contributed by atoms with E-state index in [1.54, 1.807) is 6.20 Å². The molecule has 0 bridgehead atoms. The zero-order valence-corrected chi connectivity index (χ0v) is 21.9. The number of ether oxygens (including phenoxy) is 2. The lowest BCUT2D eigenvalue weighted by atomic mass is 9.84. The minimum Gasteiger partial charge on any atom is -0.438 e. The molecule has 2 aromatic rings. The summed E-state index contributed by atoms with van der Waals surface area (Å²) in [6.45, 7) is 1.92. The first-order chi connectivity index (χ1) is 18.5. The first-order valence-electron chi connectivity index (χ1n) is 13.0. The van der Waals surface area contributed by atoms with Crippen LogP contribution in [0.2, 0.25) is 5.02 Å². The molecule has 1 aromatic heterocycles. The molecule has 0 amide bonds. The molecule has 1 saturated heterocycles. The summed E-state index contributed by atoms with van der Waals surface area (Å²) in [4.78, 5) is 6.83. The molecule has 3 N–H and O–H groups in total. The Bertz CT molecular complexity index is 1240. The molecule has 0 radical (unpaired) electrons. The molecule has 1 aliphatic carbocycles. The maximum atomic E-state index is 11.2. The number of piperidine rings is 1. The van der Waals surface area contributed by atoms with Crippen molar-refractivity contribution in [2.24, 2.45) is 0 Å². The van der Waals surface area contributed by atoms with Crippen LogP contribution in [0.3, 0.4) is 0 Å². The molecular formula is C30H33ClN2O5. The number of nitrogens with zero attached hydrogens (tertiary/aromatic N) is 2. The molecule has 38 heavy (non-hydrogen) atoms. The van der Waals surface area contributed by atoms with E-state index in [-0.39, 0.29) is 13.2 Å². The zero-order chi connectivity index (χ0) is 26.5. The standard InChI is InChI=1S/C30H33ClN2O5/c31-23-10-8-22(9-11-23)30(36)12-16-33(17-13-30)15-3-4-21-18-26-27(37-24(19-34)20-35)6-1-7-28(26)38-29-25(21)5-2-14-32-29/h1-2,4-11,14,18,24,27,34-36H,3,12-13,15-17,19-20H2. The Balaban J connectivity index is 1.30. The third-order valence-electron chi connectivity index (χ3n) is 7.35. The van der Waals surface area contributed by atoms with E-state index in [1.165, 1.54) is 0 Å². The van der Waals surface area contributed by atoms with Gasteiger partial charge in [-0.2, -0.15) is 0 Å². The van der Waals surface area contributed by atoms with Gasteiger partial charge < -0.3 is 29.7 Å². The second kappa shape index (κ2) is 11.9. The van der Waals surface area contributed by atoms with E-state index in [0.717, 1.165) is 48.3 Å². The number of pyridine rings is 1. The van der Waals surface area contributed by atoms with Crippen molar-refractivity contribution >= 4 is 17.2 Å². The summed E-state index contributed by atoms with van der Waals surface area (Å²) in [7, 11) is 0. The van der Waals surface area contributed by atoms with Crippen LogP contribution < -0.4 is 4.74 Å². The number of fused-ring (bicyclic) bond motifs is 2. The molecule has 200 valence electrons. The van der Waals surface area contributed by atoms with E-state index in [4.69, 9.17) is 21.1 Å². The van der Waals surface area contributed by atoms with Crippen LogP contribution in [0.5, 0.6) is 5.88 Å². The summed E-state index contributed by atoms with van der Waals surface area (Å²) in [6.07, 6.45) is 12.5. The van der Waals surface area contributed by atoms with Crippen LogP contribution in [-0.4, -0.2) is 70.3 Å². The normalized spacial score (nSPS) is 21.8. The summed E-state index contributed by atoms with van der Waals surface area (Å²) in [5, 5.41) is 30.9. The second-order valence-corrected chi connectivity index (χ2v) is 10.3. The van der Waals surface area contributed by atoms with Gasteiger partial charge in [-0.25, -0.2) is 4.98 Å². The molecule has 0 saturated carbocycles. The fraction of sp³-hybridized carbons (Fsp3) is 0.367. The number of allylic oxidation sites excluding steroid dienone is 4. The average molecular weight is 537 g/mol. The summed E-state index contributed by atoms with van der Waals surface area (Å²) in [5.74, 6) is 1.16. The lowest BCUT2D eigenvalue weighted by Crippen LogP contribution is -2.42.